The number of imidazole rings is 1. The molecule has 1 saturated heterocycles. The van der Waals surface area contributed by atoms with Crippen molar-refractivity contribution in [2.45, 2.75) is 64.1 Å². The van der Waals surface area contributed by atoms with Crippen molar-refractivity contribution in [3.05, 3.63) is 47.3 Å². The van der Waals surface area contributed by atoms with Crippen molar-refractivity contribution in [3.63, 3.8) is 0 Å². The maximum atomic E-state index is 13.9. The molecule has 2 fully saturated rings. The Morgan fingerprint density at radius 2 is 2.00 bits per heavy atom. The van der Waals surface area contributed by atoms with Crippen molar-refractivity contribution in [2.24, 2.45) is 11.8 Å². The van der Waals surface area contributed by atoms with Crippen molar-refractivity contribution in [3.8, 4) is 0 Å². The fourth-order valence-electron chi connectivity index (χ4n) is 5.07. The molecular weight excluding hydrogens is 539 g/mol. The Balaban J connectivity index is 1.43. The summed E-state index contributed by atoms with van der Waals surface area (Å²) in [6.45, 7) is 1.81. The van der Waals surface area contributed by atoms with E-state index >= 15 is 0 Å². The molecule has 15 heteroatoms. The van der Waals surface area contributed by atoms with Crippen LogP contribution in [0.25, 0.3) is 11.5 Å². The molecule has 40 heavy (non-hydrogen) atoms. The van der Waals surface area contributed by atoms with E-state index in [0.29, 0.717) is 12.1 Å². The molecule has 10 nitrogen and oxygen atoms in total. The van der Waals surface area contributed by atoms with Gasteiger partial charge >= 0.3 is 6.18 Å². The van der Waals surface area contributed by atoms with E-state index in [1.165, 1.54) is 27.8 Å². The first-order valence-corrected chi connectivity index (χ1v) is 12.9. The number of carbonyl (C=O) groups is 2. The van der Waals surface area contributed by atoms with Crippen LogP contribution in [-0.4, -0.2) is 59.8 Å². The molecule has 0 bridgehead atoms. The normalized spacial score (nSPS) is 21.4. The van der Waals surface area contributed by atoms with E-state index < -0.39 is 42.3 Å². The van der Waals surface area contributed by atoms with Crippen molar-refractivity contribution in [1.29, 1.82) is 0 Å². The zero-order valence-electron chi connectivity index (χ0n) is 21.5. The zero-order chi connectivity index (χ0) is 28.7. The Labute approximate surface area is 225 Å². The number of piperidine rings is 1. The Morgan fingerprint density at radius 1 is 1.25 bits per heavy atom. The molecule has 0 radical (unpaired) electrons. The number of nitrogens with one attached hydrogen (secondary N) is 2. The van der Waals surface area contributed by atoms with Gasteiger partial charge in [-0.1, -0.05) is 0 Å². The van der Waals surface area contributed by atoms with Gasteiger partial charge in [0.2, 0.25) is 11.8 Å². The van der Waals surface area contributed by atoms with Gasteiger partial charge in [-0.25, -0.2) is 23.3 Å². The lowest BCUT2D eigenvalue weighted by molar-refractivity contribution is -0.183. The number of nitrogens with zero attached hydrogens (tertiary/aromatic N) is 6. The van der Waals surface area contributed by atoms with Crippen LogP contribution >= 0.6 is 0 Å². The number of fused-ring (bicyclic) bond motifs is 1. The van der Waals surface area contributed by atoms with Gasteiger partial charge in [0, 0.05) is 44.5 Å². The third-order valence-corrected chi connectivity index (χ3v) is 7.30. The van der Waals surface area contributed by atoms with Crippen LogP contribution in [0.15, 0.2) is 30.2 Å². The molecule has 1 aliphatic heterocycles. The highest BCUT2D eigenvalue weighted by Gasteiger charge is 2.44. The molecule has 4 heterocycles. The van der Waals surface area contributed by atoms with E-state index in [4.69, 9.17) is 0 Å². The molecule has 1 aliphatic carbocycles. The van der Waals surface area contributed by atoms with Gasteiger partial charge < -0.3 is 10.6 Å². The first-order chi connectivity index (χ1) is 18.9. The Bertz CT molecular complexity index is 1450. The Hall–Kier alpha value is -3.91. The van der Waals surface area contributed by atoms with E-state index in [9.17, 15) is 31.5 Å². The molecule has 214 valence electrons. The number of aryl methyl sites for hydroxylation is 1. The average Bonchev–Trinajstić information content (AvgIpc) is 3.55. The smallest absolute Gasteiger partial charge is 0.355 e. The summed E-state index contributed by atoms with van der Waals surface area (Å²) in [6.07, 6.45) is -1.19. The lowest BCUT2D eigenvalue weighted by atomic mass is 9.86. The van der Waals surface area contributed by atoms with Crippen molar-refractivity contribution in [2.75, 3.05) is 6.54 Å². The first kappa shape index (κ1) is 27.6. The van der Waals surface area contributed by atoms with Gasteiger partial charge in [-0.05, 0) is 37.8 Å². The molecule has 3 aromatic heterocycles. The van der Waals surface area contributed by atoms with Crippen molar-refractivity contribution < 1.29 is 31.5 Å². The van der Waals surface area contributed by atoms with Crippen LogP contribution in [0, 0.1) is 11.8 Å². The maximum Gasteiger partial charge on any atom is 0.393 e. The van der Waals surface area contributed by atoms with Crippen LogP contribution in [0.4, 0.5) is 22.0 Å². The van der Waals surface area contributed by atoms with Crippen molar-refractivity contribution >= 4 is 23.3 Å². The number of hydrogen-bond donors (Lipinski definition) is 2. The predicted octanol–water partition coefficient (Wildman–Crippen LogP) is 3.55. The van der Waals surface area contributed by atoms with Crippen LogP contribution in [0.1, 0.15) is 60.9 Å². The van der Waals surface area contributed by atoms with E-state index in [-0.39, 0.29) is 67.1 Å². The van der Waals surface area contributed by atoms with E-state index in [0.717, 1.165) is 0 Å². The molecule has 2 N–H and O–H groups in total. The number of rotatable bonds is 6. The average molecular weight is 567 g/mol. The van der Waals surface area contributed by atoms with Crippen molar-refractivity contribution in [1.82, 2.24) is 40.0 Å². The largest absolute Gasteiger partial charge is 0.393 e. The summed E-state index contributed by atoms with van der Waals surface area (Å²) < 4.78 is 70.2. The number of aromatic nitrogens is 6. The Morgan fingerprint density at radius 3 is 2.70 bits per heavy atom. The molecule has 2 atom stereocenters. The summed E-state index contributed by atoms with van der Waals surface area (Å²) in [5.74, 6) is -6.21. The van der Waals surface area contributed by atoms with Gasteiger partial charge in [-0.3, -0.25) is 14.3 Å². The molecule has 2 amide bonds. The quantitative estimate of drug-likeness (QED) is 0.441. The number of carbonyl (C=O) groups excluding carboxylic acids is 2. The summed E-state index contributed by atoms with van der Waals surface area (Å²) >= 11 is 0. The highest BCUT2D eigenvalue weighted by atomic mass is 19.4. The fraction of sp³-hybridized carbons (Fsp3) is 0.520. The van der Waals surface area contributed by atoms with Crippen LogP contribution in [0.5, 0.6) is 0 Å². The summed E-state index contributed by atoms with van der Waals surface area (Å²) in [4.78, 5) is 34.0. The fourth-order valence-corrected chi connectivity index (χ4v) is 5.07. The summed E-state index contributed by atoms with van der Waals surface area (Å²) in [5, 5.41) is 13.6. The lowest BCUT2D eigenvalue weighted by Gasteiger charge is -2.30. The molecule has 0 aromatic carbocycles. The molecule has 0 spiro atoms. The van der Waals surface area contributed by atoms with Gasteiger partial charge in [0.25, 0.3) is 11.7 Å². The highest BCUT2D eigenvalue weighted by molar-refractivity contribution is 5.98. The zero-order valence-corrected chi connectivity index (χ0v) is 21.5. The first-order valence-electron chi connectivity index (χ1n) is 12.9. The van der Waals surface area contributed by atoms with Crippen LogP contribution in [-0.2, 0) is 17.8 Å². The predicted molar refractivity (Wildman–Crippen MR) is 131 cm³/mol. The van der Waals surface area contributed by atoms with Gasteiger partial charge in [-0.2, -0.15) is 23.4 Å². The second kappa shape index (κ2) is 10.6. The minimum atomic E-state index is -4.42. The van der Waals surface area contributed by atoms with Gasteiger partial charge in [0.15, 0.2) is 0 Å². The van der Waals surface area contributed by atoms with Gasteiger partial charge in [0.1, 0.15) is 11.4 Å². The monoisotopic (exact) mass is 566 g/mol. The van der Waals surface area contributed by atoms with E-state index in [1.54, 1.807) is 6.07 Å². The molecule has 3 aromatic rings. The summed E-state index contributed by atoms with van der Waals surface area (Å²) in [7, 11) is 0. The van der Waals surface area contributed by atoms with Gasteiger partial charge in [0.05, 0.1) is 29.7 Å². The number of amides is 2. The molecule has 0 unspecified atom stereocenters. The number of hydrogen-bond acceptors (Lipinski definition) is 6. The lowest BCUT2D eigenvalue weighted by Crippen LogP contribution is -2.47. The maximum absolute atomic E-state index is 13.9. The SMILES string of the molecule is CCn1nccc1C(=O)NC(=C1CCC(F)(F)CC1)c1cn2nc(C[C@H]3C[C@@H](C(F)(F)F)CNC3=O)cnc2n1. The molecule has 2 aliphatic rings. The summed E-state index contributed by atoms with van der Waals surface area (Å²) in [5.41, 5.74) is 1.69. The Kier molecular flexibility index (Phi) is 7.31. The van der Waals surface area contributed by atoms with Crippen LogP contribution in [0.2, 0.25) is 0 Å². The third-order valence-electron chi connectivity index (χ3n) is 7.30. The minimum absolute atomic E-state index is 0.0484. The number of allylic oxidation sites excluding steroid dienone is 1. The minimum Gasteiger partial charge on any atom is -0.355 e. The molecular formula is C25H27F5N8O2. The second-order valence-corrected chi connectivity index (χ2v) is 10.1. The van der Waals surface area contributed by atoms with Crippen LogP contribution in [0.3, 0.4) is 0 Å². The topological polar surface area (TPSA) is 119 Å². The van der Waals surface area contributed by atoms with E-state index in [1.807, 2.05) is 6.92 Å². The number of halogens is 5. The standard InChI is InChI=1S/C25H27F5N8O2/c1-2-37-19(5-8-33-37)22(40)35-20(14-3-6-24(26,27)7-4-14)18-13-38-23(34-18)32-12-17(36-38)10-15-9-16(25(28,29)30)11-31-21(15)39/h5,8,12-13,15-16H,2-4,6-7,9-11H2,1H3,(H,31,39)(H,35,40)/t15-,16-/m1/s1. The highest BCUT2D eigenvalue weighted by Crippen LogP contribution is 2.38. The number of alkyl halides is 5. The third kappa shape index (κ3) is 5.82. The summed E-state index contributed by atoms with van der Waals surface area (Å²) in [6, 6.07) is 1.54. The van der Waals surface area contributed by atoms with E-state index in [2.05, 4.69) is 30.8 Å². The van der Waals surface area contributed by atoms with Crippen LogP contribution < -0.4 is 10.6 Å². The molecule has 1 saturated carbocycles. The second-order valence-electron chi connectivity index (χ2n) is 10.1. The molecule has 5 rings (SSSR count). The van der Waals surface area contributed by atoms with Gasteiger partial charge in [-0.15, -0.1) is 0 Å².